The van der Waals surface area contributed by atoms with E-state index in [-0.39, 0.29) is 27.6 Å². The Morgan fingerprint density at radius 2 is 1.77 bits per heavy atom. The van der Waals surface area contributed by atoms with E-state index < -0.39 is 17.2 Å². The molecule has 0 spiro atoms. The van der Waals surface area contributed by atoms with Gasteiger partial charge < -0.3 is 29.1 Å². The number of halogens is 1. The van der Waals surface area contributed by atoms with Crippen LogP contribution in [0.4, 0.5) is 10.1 Å². The van der Waals surface area contributed by atoms with E-state index in [0.29, 0.717) is 66.2 Å². The van der Waals surface area contributed by atoms with Crippen molar-refractivity contribution in [1.29, 1.82) is 0 Å². The van der Waals surface area contributed by atoms with E-state index in [9.17, 15) is 14.4 Å². The maximum atomic E-state index is 16.0. The number of carbonyl (C=O) groups excluding carboxylic acids is 1. The first kappa shape index (κ1) is 30.7. The molecule has 8 rings (SSSR count). The summed E-state index contributed by atoms with van der Waals surface area (Å²) in [5, 5.41) is 8.84. The van der Waals surface area contributed by atoms with Crippen LogP contribution in [-0.4, -0.2) is 85.7 Å². The fourth-order valence-corrected chi connectivity index (χ4v) is 7.59. The number of fused-ring (bicyclic) bond motifs is 5. The number of likely N-dealkylation sites (tertiary alicyclic amines) is 1. The van der Waals surface area contributed by atoms with Crippen LogP contribution in [0.25, 0.3) is 49.1 Å². The maximum Gasteiger partial charge on any atom is 0.256 e. The average molecular weight is 652 g/mol. The molecule has 1 amide bonds. The molecule has 248 valence electrons. The monoisotopic (exact) mass is 651 g/mol. The van der Waals surface area contributed by atoms with Crippen molar-refractivity contribution >= 4 is 60.7 Å². The number of hydrogen-bond donors (Lipinski definition) is 2. The number of nitrogens with zero attached hydrogens (tertiary/aromatic N) is 3. The van der Waals surface area contributed by atoms with Gasteiger partial charge in [-0.05, 0) is 74.8 Å². The Balaban J connectivity index is 1.25. The number of rotatable bonds is 9. The fourth-order valence-electron chi connectivity index (χ4n) is 7.59. The Hall–Kier alpha value is -4.58. The van der Waals surface area contributed by atoms with Crippen LogP contribution in [0.1, 0.15) is 36.0 Å². The molecule has 10 nitrogen and oxygen atoms in total. The Morgan fingerprint density at radius 1 is 0.958 bits per heavy atom. The number of aromatic nitrogens is 1. The molecule has 1 atom stereocenters. The second-order valence-corrected chi connectivity index (χ2v) is 13.1. The average Bonchev–Trinajstić information content (AvgIpc) is 3.64. The van der Waals surface area contributed by atoms with Crippen LogP contribution in [0.2, 0.25) is 0 Å². The predicted octanol–water partition coefficient (Wildman–Crippen LogP) is 4.79. The zero-order chi connectivity index (χ0) is 32.9. The minimum absolute atomic E-state index is 0.0483. The molecule has 6 aromatic rings. The van der Waals surface area contributed by atoms with Crippen LogP contribution in [0.5, 0.6) is 0 Å². The number of ether oxygens (including phenoxy) is 1. The van der Waals surface area contributed by atoms with Gasteiger partial charge in [-0.25, -0.2) is 4.39 Å². The third kappa shape index (κ3) is 5.26. The van der Waals surface area contributed by atoms with Gasteiger partial charge in [0.15, 0.2) is 22.4 Å². The minimum Gasteiger partial charge on any atom is -0.451 e. The molecule has 4 aromatic carbocycles. The van der Waals surface area contributed by atoms with Gasteiger partial charge in [0.05, 0.1) is 24.1 Å². The van der Waals surface area contributed by atoms with Gasteiger partial charge >= 0.3 is 0 Å². The van der Waals surface area contributed by atoms with E-state index in [2.05, 4.69) is 27.5 Å². The maximum absolute atomic E-state index is 16.0. The molecule has 11 heteroatoms. The van der Waals surface area contributed by atoms with E-state index in [0.717, 1.165) is 56.2 Å². The molecule has 2 N–H and O–H groups in total. The van der Waals surface area contributed by atoms with Crippen LogP contribution in [0.15, 0.2) is 62.7 Å². The molecule has 2 fully saturated rings. The normalized spacial score (nSPS) is 17.8. The Bertz CT molecular complexity index is 2310. The van der Waals surface area contributed by atoms with Crippen molar-refractivity contribution < 1.29 is 18.3 Å². The topological polar surface area (TPSA) is 109 Å². The van der Waals surface area contributed by atoms with Crippen molar-refractivity contribution in [3.8, 4) is 0 Å². The lowest BCUT2D eigenvalue weighted by molar-refractivity contribution is 0.0374. The van der Waals surface area contributed by atoms with Gasteiger partial charge in [0, 0.05) is 49.2 Å². The highest BCUT2D eigenvalue weighted by Gasteiger charge is 2.25. The standard InChI is InChI=1S/C37H38FN5O5/c1-41-12-4-6-22(41)9-11-39-32-29(38)18-27-33-36(32)48-31-20-26-25(23-7-2-3-8-24(23)34(26)44)19-30(31)43(33)21-28(35(27)45)37(46)40-10-5-13-42-14-16-47-17-15-42/h2-3,7-8,18-22,39H,4-6,9-17H2,1H3,(H,40,46). The van der Waals surface area contributed by atoms with Crippen LogP contribution < -0.4 is 21.5 Å². The van der Waals surface area contributed by atoms with Crippen molar-refractivity contribution in [2.24, 2.45) is 0 Å². The summed E-state index contributed by atoms with van der Waals surface area (Å²) in [4.78, 5) is 45.4. The Kier molecular flexibility index (Phi) is 7.98. The summed E-state index contributed by atoms with van der Waals surface area (Å²) in [5.74, 6) is -1.16. The first-order valence-electron chi connectivity index (χ1n) is 16.8. The van der Waals surface area contributed by atoms with Crippen molar-refractivity contribution in [3.63, 3.8) is 0 Å². The van der Waals surface area contributed by atoms with Gasteiger partial charge in [-0.1, -0.05) is 24.3 Å². The number of nitrogens with one attached hydrogen (secondary N) is 2. The molecule has 0 aliphatic carbocycles. The second-order valence-electron chi connectivity index (χ2n) is 13.1. The highest BCUT2D eigenvalue weighted by Crippen LogP contribution is 2.36. The molecule has 2 aromatic heterocycles. The van der Waals surface area contributed by atoms with Crippen LogP contribution in [-0.2, 0) is 4.74 Å². The quantitative estimate of drug-likeness (QED) is 0.131. The molecule has 0 radical (unpaired) electrons. The Morgan fingerprint density at radius 3 is 2.56 bits per heavy atom. The highest BCUT2D eigenvalue weighted by atomic mass is 19.1. The number of amides is 1. The van der Waals surface area contributed by atoms with E-state index in [1.807, 2.05) is 24.3 Å². The van der Waals surface area contributed by atoms with Gasteiger partial charge in [0.25, 0.3) is 5.91 Å². The summed E-state index contributed by atoms with van der Waals surface area (Å²) in [6, 6.07) is 12.6. The minimum atomic E-state index is -0.642. The van der Waals surface area contributed by atoms with E-state index in [1.54, 1.807) is 16.5 Å². The van der Waals surface area contributed by atoms with E-state index >= 15 is 4.39 Å². The molecule has 0 bridgehead atoms. The zero-order valence-electron chi connectivity index (χ0n) is 26.9. The lowest BCUT2D eigenvalue weighted by Gasteiger charge is -2.26. The summed E-state index contributed by atoms with van der Waals surface area (Å²) < 4.78 is 29.6. The molecule has 48 heavy (non-hydrogen) atoms. The van der Waals surface area contributed by atoms with Crippen molar-refractivity contribution in [2.75, 3.05) is 64.8 Å². The second kappa shape index (κ2) is 12.5. The summed E-state index contributed by atoms with van der Waals surface area (Å²) >= 11 is 0. The molecular weight excluding hydrogens is 613 g/mol. The van der Waals surface area contributed by atoms with Crippen LogP contribution in [0, 0.1) is 5.82 Å². The summed E-state index contributed by atoms with van der Waals surface area (Å²) in [6.45, 7) is 5.85. The molecule has 4 heterocycles. The number of pyridine rings is 1. The molecular formula is C37H38FN5O5. The van der Waals surface area contributed by atoms with E-state index in [4.69, 9.17) is 9.15 Å². The largest absolute Gasteiger partial charge is 0.451 e. The van der Waals surface area contributed by atoms with E-state index in [1.165, 1.54) is 12.3 Å². The van der Waals surface area contributed by atoms with Crippen molar-refractivity contribution in [2.45, 2.75) is 31.7 Å². The zero-order valence-corrected chi connectivity index (χ0v) is 26.9. The van der Waals surface area contributed by atoms with Gasteiger partial charge in [-0.2, -0.15) is 0 Å². The van der Waals surface area contributed by atoms with Crippen molar-refractivity contribution in [1.82, 2.24) is 19.5 Å². The third-order valence-electron chi connectivity index (χ3n) is 10.2. The first-order chi connectivity index (χ1) is 23.4. The molecule has 2 saturated heterocycles. The lowest BCUT2D eigenvalue weighted by Crippen LogP contribution is -2.38. The smallest absolute Gasteiger partial charge is 0.256 e. The number of anilines is 1. The summed E-state index contributed by atoms with van der Waals surface area (Å²) in [7, 11) is 2.10. The lowest BCUT2D eigenvalue weighted by atomic mass is 10.1. The SMILES string of the molecule is CN1CCCC1CCNc1c(F)cc2c(=O)c(C(=O)NCCCN3CCOCC3)cn3c4cc5c(cc4oc1c23)c(=O)c1ccccc15. The highest BCUT2D eigenvalue weighted by molar-refractivity contribution is 6.15. The first-order valence-corrected chi connectivity index (χ1v) is 16.8. The molecule has 1 unspecified atom stereocenters. The van der Waals surface area contributed by atoms with Crippen molar-refractivity contribution in [3.05, 3.63) is 80.5 Å². The summed E-state index contributed by atoms with van der Waals surface area (Å²) in [6.07, 6.45) is 5.29. The number of morpholine rings is 1. The van der Waals surface area contributed by atoms with Gasteiger partial charge in [-0.3, -0.25) is 19.3 Å². The molecule has 2 aliphatic rings. The van der Waals surface area contributed by atoms with Gasteiger partial charge in [0.1, 0.15) is 16.8 Å². The number of benzene rings is 3. The Labute approximate surface area is 275 Å². The fraction of sp³-hybridized carbons (Fsp3) is 0.378. The molecule has 2 aliphatic heterocycles. The van der Waals surface area contributed by atoms with Crippen LogP contribution in [0.3, 0.4) is 0 Å². The van der Waals surface area contributed by atoms with Gasteiger partial charge in [-0.15, -0.1) is 0 Å². The number of hydrogen-bond acceptors (Lipinski definition) is 8. The predicted molar refractivity (Wildman–Crippen MR) is 186 cm³/mol. The number of carbonyl (C=O) groups is 1. The van der Waals surface area contributed by atoms with Crippen LogP contribution >= 0.6 is 0 Å². The molecule has 0 saturated carbocycles. The van der Waals surface area contributed by atoms with Gasteiger partial charge in [0.2, 0.25) is 5.43 Å². The third-order valence-corrected chi connectivity index (χ3v) is 10.2. The summed E-state index contributed by atoms with van der Waals surface area (Å²) in [5.41, 5.74) is 0.811.